The standard InChI is InChI=1S/C21H25NO4S/c1-4-13(2)26-15-11-9-14(10-12-15)19(23)22-20-18(21(24)25-3)16-7-5-6-8-17(16)27-20/h9-13H,4-8H2,1-3H3,(H,22,23). The van der Waals surface area contributed by atoms with Crippen molar-refractivity contribution in [2.75, 3.05) is 12.4 Å². The molecule has 5 nitrogen and oxygen atoms in total. The summed E-state index contributed by atoms with van der Waals surface area (Å²) in [5, 5.41) is 3.49. The molecule has 2 aromatic rings. The van der Waals surface area contributed by atoms with Crippen molar-refractivity contribution in [2.45, 2.75) is 52.1 Å². The summed E-state index contributed by atoms with van der Waals surface area (Å²) >= 11 is 1.49. The number of amides is 1. The van der Waals surface area contributed by atoms with Gasteiger partial charge in [-0.15, -0.1) is 11.3 Å². The van der Waals surface area contributed by atoms with E-state index in [0.717, 1.165) is 43.4 Å². The van der Waals surface area contributed by atoms with Crippen LogP contribution in [0.1, 0.15) is 64.3 Å². The van der Waals surface area contributed by atoms with Gasteiger partial charge >= 0.3 is 5.97 Å². The molecular formula is C21H25NO4S. The maximum absolute atomic E-state index is 12.7. The van der Waals surface area contributed by atoms with Gasteiger partial charge < -0.3 is 14.8 Å². The highest BCUT2D eigenvalue weighted by Crippen LogP contribution is 2.38. The Labute approximate surface area is 163 Å². The van der Waals surface area contributed by atoms with E-state index in [1.807, 2.05) is 6.92 Å². The number of fused-ring (bicyclic) bond motifs is 1. The number of carbonyl (C=O) groups is 2. The minimum absolute atomic E-state index is 0.129. The number of aryl methyl sites for hydroxylation is 1. The van der Waals surface area contributed by atoms with Gasteiger partial charge in [-0.05, 0) is 68.9 Å². The van der Waals surface area contributed by atoms with Crippen LogP contribution in [0.5, 0.6) is 5.75 Å². The molecular weight excluding hydrogens is 362 g/mol. The first-order valence-electron chi connectivity index (χ1n) is 9.34. The number of esters is 1. The first kappa shape index (κ1) is 19.4. The quantitative estimate of drug-likeness (QED) is 0.720. The van der Waals surface area contributed by atoms with Gasteiger partial charge in [0, 0.05) is 10.4 Å². The first-order valence-corrected chi connectivity index (χ1v) is 10.2. The summed E-state index contributed by atoms with van der Waals surface area (Å²) in [4.78, 5) is 26.1. The van der Waals surface area contributed by atoms with Gasteiger partial charge in [-0.2, -0.15) is 0 Å². The molecule has 1 heterocycles. The lowest BCUT2D eigenvalue weighted by Gasteiger charge is -2.13. The van der Waals surface area contributed by atoms with Crippen molar-refractivity contribution < 1.29 is 19.1 Å². The molecule has 1 N–H and O–H groups in total. The number of ether oxygens (including phenoxy) is 2. The predicted molar refractivity (Wildman–Crippen MR) is 107 cm³/mol. The minimum Gasteiger partial charge on any atom is -0.491 e. The van der Waals surface area contributed by atoms with E-state index in [2.05, 4.69) is 12.2 Å². The third kappa shape index (κ3) is 4.33. The van der Waals surface area contributed by atoms with Crippen LogP contribution in [-0.2, 0) is 17.6 Å². The van der Waals surface area contributed by atoms with Crippen LogP contribution in [0.25, 0.3) is 0 Å². The number of thiophene rings is 1. The van der Waals surface area contributed by atoms with Gasteiger partial charge in [-0.25, -0.2) is 4.79 Å². The maximum Gasteiger partial charge on any atom is 0.341 e. The normalized spacial score (nSPS) is 14.2. The summed E-state index contributed by atoms with van der Waals surface area (Å²) in [5.74, 6) is 0.110. The lowest BCUT2D eigenvalue weighted by molar-refractivity contribution is 0.0601. The topological polar surface area (TPSA) is 64.6 Å². The molecule has 1 atom stereocenters. The number of hydrogen-bond donors (Lipinski definition) is 1. The van der Waals surface area contributed by atoms with Gasteiger partial charge in [0.2, 0.25) is 0 Å². The molecule has 144 valence electrons. The number of rotatable bonds is 6. The highest BCUT2D eigenvalue weighted by atomic mass is 32.1. The highest BCUT2D eigenvalue weighted by molar-refractivity contribution is 7.17. The number of benzene rings is 1. The molecule has 3 rings (SSSR count). The fourth-order valence-corrected chi connectivity index (χ4v) is 4.42. The van der Waals surface area contributed by atoms with E-state index < -0.39 is 0 Å². The monoisotopic (exact) mass is 387 g/mol. The average Bonchev–Trinajstić information content (AvgIpc) is 3.05. The minimum atomic E-state index is -0.387. The van der Waals surface area contributed by atoms with Crippen LogP contribution in [0.2, 0.25) is 0 Å². The zero-order chi connectivity index (χ0) is 19.4. The molecule has 0 bridgehead atoms. The Balaban J connectivity index is 1.79. The molecule has 1 aromatic heterocycles. The average molecular weight is 388 g/mol. The molecule has 0 radical (unpaired) electrons. The van der Waals surface area contributed by atoms with Gasteiger partial charge in [-0.3, -0.25) is 4.79 Å². The SMILES string of the molecule is CCC(C)Oc1ccc(C(=O)Nc2sc3c(c2C(=O)OC)CCCC3)cc1. The van der Waals surface area contributed by atoms with Crippen LogP contribution in [0.4, 0.5) is 5.00 Å². The van der Waals surface area contributed by atoms with E-state index in [1.165, 1.54) is 23.3 Å². The highest BCUT2D eigenvalue weighted by Gasteiger charge is 2.27. The molecule has 0 saturated carbocycles. The van der Waals surface area contributed by atoms with Gasteiger partial charge in [0.25, 0.3) is 5.91 Å². The first-order chi connectivity index (χ1) is 13.0. The van der Waals surface area contributed by atoms with Crippen LogP contribution < -0.4 is 10.1 Å². The van der Waals surface area contributed by atoms with E-state index >= 15 is 0 Å². The van der Waals surface area contributed by atoms with Gasteiger partial charge in [0.05, 0.1) is 18.8 Å². The molecule has 0 spiro atoms. The van der Waals surface area contributed by atoms with Crippen LogP contribution >= 0.6 is 11.3 Å². The second-order valence-electron chi connectivity index (χ2n) is 6.72. The molecule has 0 fully saturated rings. The number of anilines is 1. The Morgan fingerprint density at radius 1 is 1.19 bits per heavy atom. The van der Waals surface area contributed by atoms with E-state index in [4.69, 9.17) is 9.47 Å². The lowest BCUT2D eigenvalue weighted by Crippen LogP contribution is -2.15. The number of methoxy groups -OCH3 is 1. The molecule has 0 saturated heterocycles. The second kappa shape index (κ2) is 8.57. The predicted octanol–water partition coefficient (Wildman–Crippen LogP) is 4.84. The largest absolute Gasteiger partial charge is 0.491 e. The second-order valence-corrected chi connectivity index (χ2v) is 7.83. The van der Waals surface area contributed by atoms with Crippen molar-refractivity contribution in [3.63, 3.8) is 0 Å². The molecule has 1 unspecified atom stereocenters. The summed E-state index contributed by atoms with van der Waals surface area (Å²) in [5.41, 5.74) is 2.07. The van der Waals surface area contributed by atoms with Gasteiger partial charge in [0.1, 0.15) is 10.8 Å². The van der Waals surface area contributed by atoms with Gasteiger partial charge in [-0.1, -0.05) is 6.92 Å². The molecule has 6 heteroatoms. The zero-order valence-corrected chi connectivity index (χ0v) is 16.8. The molecule has 27 heavy (non-hydrogen) atoms. The fourth-order valence-electron chi connectivity index (χ4n) is 3.15. The lowest BCUT2D eigenvalue weighted by atomic mass is 9.95. The number of carbonyl (C=O) groups excluding carboxylic acids is 2. The van der Waals surface area contributed by atoms with E-state index in [1.54, 1.807) is 24.3 Å². The Kier molecular flexibility index (Phi) is 6.16. The summed E-state index contributed by atoms with van der Waals surface area (Å²) in [6.07, 6.45) is 5.01. The van der Waals surface area contributed by atoms with Crippen molar-refractivity contribution in [2.24, 2.45) is 0 Å². The Morgan fingerprint density at radius 2 is 1.89 bits per heavy atom. The molecule has 1 aromatic carbocycles. The third-order valence-corrected chi connectivity index (χ3v) is 6.02. The summed E-state index contributed by atoms with van der Waals surface area (Å²) in [6.45, 7) is 4.07. The van der Waals surface area contributed by atoms with Crippen LogP contribution in [0, 0.1) is 0 Å². The van der Waals surface area contributed by atoms with E-state index in [9.17, 15) is 9.59 Å². The van der Waals surface area contributed by atoms with Crippen molar-refractivity contribution in [1.29, 1.82) is 0 Å². The van der Waals surface area contributed by atoms with Crippen molar-refractivity contribution >= 4 is 28.2 Å². The van der Waals surface area contributed by atoms with Gasteiger partial charge in [0.15, 0.2) is 0 Å². The molecule has 0 aliphatic heterocycles. The van der Waals surface area contributed by atoms with Crippen molar-refractivity contribution in [3.8, 4) is 5.75 Å². The van der Waals surface area contributed by atoms with Crippen LogP contribution in [0.15, 0.2) is 24.3 Å². The zero-order valence-electron chi connectivity index (χ0n) is 16.0. The summed E-state index contributed by atoms with van der Waals surface area (Å²) in [7, 11) is 1.37. The Morgan fingerprint density at radius 3 is 2.56 bits per heavy atom. The number of hydrogen-bond acceptors (Lipinski definition) is 5. The van der Waals surface area contributed by atoms with Crippen LogP contribution in [-0.4, -0.2) is 25.1 Å². The molecule has 1 aliphatic rings. The molecule has 1 amide bonds. The Hall–Kier alpha value is -2.34. The van der Waals surface area contributed by atoms with E-state index in [0.29, 0.717) is 16.1 Å². The molecule has 1 aliphatic carbocycles. The summed E-state index contributed by atoms with van der Waals surface area (Å²) in [6, 6.07) is 7.06. The Bertz CT molecular complexity index is 825. The van der Waals surface area contributed by atoms with Crippen LogP contribution in [0.3, 0.4) is 0 Å². The third-order valence-electron chi connectivity index (χ3n) is 4.82. The van der Waals surface area contributed by atoms with Crippen molar-refractivity contribution in [3.05, 3.63) is 45.8 Å². The smallest absolute Gasteiger partial charge is 0.341 e. The number of nitrogens with one attached hydrogen (secondary N) is 1. The summed E-state index contributed by atoms with van der Waals surface area (Å²) < 4.78 is 10.7. The van der Waals surface area contributed by atoms with E-state index in [-0.39, 0.29) is 18.0 Å². The fraction of sp³-hybridized carbons (Fsp3) is 0.429. The maximum atomic E-state index is 12.7. The van der Waals surface area contributed by atoms with Crippen molar-refractivity contribution in [1.82, 2.24) is 0 Å².